The van der Waals surface area contributed by atoms with E-state index >= 15 is 0 Å². The third-order valence-corrected chi connectivity index (χ3v) is 2.45. The van der Waals surface area contributed by atoms with Gasteiger partial charge in [0, 0.05) is 25.1 Å². The molecule has 0 aliphatic carbocycles. The summed E-state index contributed by atoms with van der Waals surface area (Å²) >= 11 is 0. The van der Waals surface area contributed by atoms with Crippen molar-refractivity contribution in [2.75, 3.05) is 13.1 Å². The van der Waals surface area contributed by atoms with Gasteiger partial charge in [-0.05, 0) is 25.9 Å². The van der Waals surface area contributed by atoms with Crippen LogP contribution in [-0.4, -0.2) is 28.0 Å². The van der Waals surface area contributed by atoms with E-state index in [1.165, 1.54) is 32.4 Å². The van der Waals surface area contributed by atoms with E-state index in [9.17, 15) is 0 Å². The summed E-state index contributed by atoms with van der Waals surface area (Å²) in [6, 6.07) is 0. The van der Waals surface area contributed by atoms with Gasteiger partial charge in [0.1, 0.15) is 0 Å². The average Bonchev–Trinajstić information content (AvgIpc) is 2.21. The van der Waals surface area contributed by atoms with E-state index in [-0.39, 0.29) is 0 Å². The highest BCUT2D eigenvalue weighted by Crippen LogP contribution is 2.10. The molecule has 3 nitrogen and oxygen atoms in total. The number of hydrogen-bond donors (Lipinski definition) is 0. The Kier molecular flexibility index (Phi) is 2.87. The molecule has 0 spiro atoms. The Labute approximate surface area is 78.8 Å². The summed E-state index contributed by atoms with van der Waals surface area (Å²) in [5.74, 6) is 0. The summed E-state index contributed by atoms with van der Waals surface area (Å²) < 4.78 is 0. The summed E-state index contributed by atoms with van der Waals surface area (Å²) in [7, 11) is 0. The summed E-state index contributed by atoms with van der Waals surface area (Å²) in [5.41, 5.74) is 1.09. The predicted molar refractivity (Wildman–Crippen MR) is 51.2 cm³/mol. The molecular weight excluding hydrogens is 162 g/mol. The fourth-order valence-corrected chi connectivity index (χ4v) is 1.76. The quantitative estimate of drug-likeness (QED) is 0.685. The molecule has 2 rings (SSSR count). The van der Waals surface area contributed by atoms with Crippen molar-refractivity contribution in [2.45, 2.75) is 25.8 Å². The normalized spacial score (nSPS) is 18.8. The zero-order valence-electron chi connectivity index (χ0n) is 7.82. The number of piperidine rings is 1. The molecule has 1 fully saturated rings. The molecule has 0 unspecified atom stereocenters. The van der Waals surface area contributed by atoms with Crippen LogP contribution in [-0.2, 0) is 6.54 Å². The maximum Gasteiger partial charge on any atom is 0.0726 e. The Balaban J connectivity index is 1.90. The second kappa shape index (κ2) is 4.33. The maximum atomic E-state index is 4.27. The molecule has 0 amide bonds. The number of rotatable bonds is 2. The predicted octanol–water partition coefficient (Wildman–Crippen LogP) is 1.46. The smallest absolute Gasteiger partial charge is 0.0726 e. The second-order valence-electron chi connectivity index (χ2n) is 3.53. The number of aromatic nitrogens is 2. The lowest BCUT2D eigenvalue weighted by molar-refractivity contribution is 0.218. The zero-order valence-corrected chi connectivity index (χ0v) is 7.82. The minimum atomic E-state index is 0.966. The molecule has 0 saturated carbocycles. The van der Waals surface area contributed by atoms with E-state index in [2.05, 4.69) is 14.9 Å². The molecule has 1 saturated heterocycles. The van der Waals surface area contributed by atoms with Crippen molar-refractivity contribution in [3.05, 3.63) is 24.3 Å². The van der Waals surface area contributed by atoms with Crippen LogP contribution in [0.5, 0.6) is 0 Å². The fraction of sp³-hybridized carbons (Fsp3) is 0.600. The molecule has 13 heavy (non-hydrogen) atoms. The molecule has 1 aliphatic heterocycles. The molecule has 0 N–H and O–H groups in total. The molecular formula is C10H15N3. The molecule has 1 aromatic heterocycles. The van der Waals surface area contributed by atoms with Gasteiger partial charge in [0.05, 0.1) is 5.69 Å². The van der Waals surface area contributed by atoms with Crippen molar-refractivity contribution in [1.29, 1.82) is 0 Å². The van der Waals surface area contributed by atoms with Crippen LogP contribution in [0.25, 0.3) is 0 Å². The average molecular weight is 177 g/mol. The first-order valence-corrected chi connectivity index (χ1v) is 4.92. The molecule has 0 radical (unpaired) electrons. The summed E-state index contributed by atoms with van der Waals surface area (Å²) in [6.45, 7) is 3.40. The first-order chi connectivity index (χ1) is 6.45. The van der Waals surface area contributed by atoms with Crippen LogP contribution < -0.4 is 0 Å². The van der Waals surface area contributed by atoms with Gasteiger partial charge in [0.25, 0.3) is 0 Å². The summed E-state index contributed by atoms with van der Waals surface area (Å²) in [5, 5.41) is 0. The second-order valence-corrected chi connectivity index (χ2v) is 3.53. The first kappa shape index (κ1) is 8.63. The topological polar surface area (TPSA) is 29.0 Å². The van der Waals surface area contributed by atoms with E-state index in [0.29, 0.717) is 0 Å². The van der Waals surface area contributed by atoms with Gasteiger partial charge in [-0.25, -0.2) is 0 Å². The maximum absolute atomic E-state index is 4.27. The molecule has 1 aliphatic rings. The van der Waals surface area contributed by atoms with Crippen LogP contribution in [0.4, 0.5) is 0 Å². The Hall–Kier alpha value is -0.960. The lowest BCUT2D eigenvalue weighted by atomic mass is 10.1. The van der Waals surface area contributed by atoms with E-state index in [4.69, 9.17) is 0 Å². The molecule has 3 heteroatoms. The van der Waals surface area contributed by atoms with Gasteiger partial charge in [0.2, 0.25) is 0 Å². The van der Waals surface area contributed by atoms with E-state index < -0.39 is 0 Å². The molecule has 0 aromatic carbocycles. The van der Waals surface area contributed by atoms with Gasteiger partial charge in [-0.3, -0.25) is 14.9 Å². The molecule has 70 valence electrons. The fourth-order valence-electron chi connectivity index (χ4n) is 1.76. The van der Waals surface area contributed by atoms with Crippen molar-refractivity contribution in [3.63, 3.8) is 0 Å². The molecule has 2 heterocycles. The van der Waals surface area contributed by atoms with Crippen LogP contribution in [0.1, 0.15) is 25.0 Å². The summed E-state index contributed by atoms with van der Waals surface area (Å²) in [4.78, 5) is 10.8. The van der Waals surface area contributed by atoms with Crippen molar-refractivity contribution in [1.82, 2.24) is 14.9 Å². The van der Waals surface area contributed by atoms with Gasteiger partial charge in [-0.2, -0.15) is 0 Å². The van der Waals surface area contributed by atoms with Crippen molar-refractivity contribution in [2.24, 2.45) is 0 Å². The van der Waals surface area contributed by atoms with Crippen molar-refractivity contribution < 1.29 is 0 Å². The van der Waals surface area contributed by atoms with Crippen LogP contribution in [0.3, 0.4) is 0 Å². The Morgan fingerprint density at radius 1 is 1.15 bits per heavy atom. The van der Waals surface area contributed by atoms with Crippen LogP contribution in [0, 0.1) is 0 Å². The Bertz CT molecular complexity index is 242. The Morgan fingerprint density at radius 2 is 2.00 bits per heavy atom. The lowest BCUT2D eigenvalue weighted by Gasteiger charge is -2.25. The van der Waals surface area contributed by atoms with Crippen molar-refractivity contribution in [3.8, 4) is 0 Å². The van der Waals surface area contributed by atoms with E-state index in [1.807, 2.05) is 6.20 Å². The number of nitrogens with zero attached hydrogens (tertiary/aromatic N) is 3. The van der Waals surface area contributed by atoms with Crippen molar-refractivity contribution >= 4 is 0 Å². The largest absolute Gasteiger partial charge is 0.297 e. The molecule has 0 bridgehead atoms. The molecule has 1 aromatic rings. The van der Waals surface area contributed by atoms with Crippen LogP contribution in [0.15, 0.2) is 18.6 Å². The van der Waals surface area contributed by atoms with Gasteiger partial charge >= 0.3 is 0 Å². The minimum absolute atomic E-state index is 0.966. The van der Waals surface area contributed by atoms with Crippen LogP contribution in [0.2, 0.25) is 0 Å². The zero-order chi connectivity index (χ0) is 8.93. The third kappa shape index (κ3) is 2.49. The highest BCUT2D eigenvalue weighted by Gasteiger charge is 2.10. The highest BCUT2D eigenvalue weighted by molar-refractivity contribution is 4.94. The number of hydrogen-bond acceptors (Lipinski definition) is 3. The minimum Gasteiger partial charge on any atom is -0.297 e. The van der Waals surface area contributed by atoms with Gasteiger partial charge in [-0.15, -0.1) is 0 Å². The van der Waals surface area contributed by atoms with E-state index in [1.54, 1.807) is 12.4 Å². The third-order valence-electron chi connectivity index (χ3n) is 2.45. The molecule has 0 atom stereocenters. The highest BCUT2D eigenvalue weighted by atomic mass is 15.1. The summed E-state index contributed by atoms with van der Waals surface area (Å²) in [6.07, 6.45) is 9.39. The lowest BCUT2D eigenvalue weighted by Crippen LogP contribution is -2.29. The van der Waals surface area contributed by atoms with Gasteiger partial charge in [-0.1, -0.05) is 6.42 Å². The monoisotopic (exact) mass is 177 g/mol. The SMILES string of the molecule is c1cnc(CN2CCCCC2)cn1. The van der Waals surface area contributed by atoms with Gasteiger partial charge in [0.15, 0.2) is 0 Å². The Morgan fingerprint density at radius 3 is 2.69 bits per heavy atom. The first-order valence-electron chi connectivity index (χ1n) is 4.92. The standard InChI is InChI=1S/C10H15N3/c1-2-6-13(7-3-1)9-10-8-11-4-5-12-10/h4-5,8H,1-3,6-7,9H2. The number of likely N-dealkylation sites (tertiary alicyclic amines) is 1. The van der Waals surface area contributed by atoms with E-state index in [0.717, 1.165) is 12.2 Å². The van der Waals surface area contributed by atoms with Gasteiger partial charge < -0.3 is 0 Å². The van der Waals surface area contributed by atoms with Crippen LogP contribution >= 0.6 is 0 Å².